The molecule has 0 bridgehead atoms. The molecule has 1 fully saturated rings. The van der Waals surface area contributed by atoms with E-state index in [1.54, 1.807) is 13.0 Å². The predicted molar refractivity (Wildman–Crippen MR) is 83.4 cm³/mol. The quantitative estimate of drug-likeness (QED) is 0.781. The smallest absolute Gasteiger partial charge is 0.373 e. The van der Waals surface area contributed by atoms with Crippen LogP contribution in [0.4, 0.5) is 0 Å². The molecule has 0 aromatic heterocycles. The van der Waals surface area contributed by atoms with Gasteiger partial charge in [0, 0.05) is 12.8 Å². The van der Waals surface area contributed by atoms with Crippen molar-refractivity contribution in [1.82, 2.24) is 0 Å². The summed E-state index contributed by atoms with van der Waals surface area (Å²) in [4.78, 5) is 12.0. The van der Waals surface area contributed by atoms with Crippen LogP contribution in [0.1, 0.15) is 31.7 Å². The van der Waals surface area contributed by atoms with Crippen molar-refractivity contribution in [3.63, 3.8) is 0 Å². The molecule has 2 heterocycles. The fourth-order valence-corrected chi connectivity index (χ4v) is 2.92. The van der Waals surface area contributed by atoms with Crippen molar-refractivity contribution < 1.29 is 23.7 Å². The topological polar surface area (TPSA) is 54.0 Å². The van der Waals surface area contributed by atoms with E-state index in [4.69, 9.17) is 18.9 Å². The average molecular weight is 318 g/mol. The van der Waals surface area contributed by atoms with Crippen molar-refractivity contribution in [2.24, 2.45) is 0 Å². The molecule has 2 aliphatic heterocycles. The number of hydrogen-bond acceptors (Lipinski definition) is 5. The molecule has 23 heavy (non-hydrogen) atoms. The van der Waals surface area contributed by atoms with Crippen molar-refractivity contribution >= 4 is 5.97 Å². The first-order valence-electron chi connectivity index (χ1n) is 8.08. The Hall–Kier alpha value is -1.85. The summed E-state index contributed by atoms with van der Waals surface area (Å²) in [5.74, 6) is -1.02. The van der Waals surface area contributed by atoms with Crippen LogP contribution in [0.2, 0.25) is 0 Å². The van der Waals surface area contributed by atoms with Crippen LogP contribution in [0.15, 0.2) is 42.2 Å². The Kier molecular flexibility index (Phi) is 4.98. The molecule has 2 aliphatic rings. The maximum absolute atomic E-state index is 12.0. The molecular weight excluding hydrogens is 296 g/mol. The Morgan fingerprint density at radius 1 is 1.35 bits per heavy atom. The van der Waals surface area contributed by atoms with Crippen LogP contribution >= 0.6 is 0 Å². The molecule has 0 amide bonds. The molecule has 3 rings (SSSR count). The van der Waals surface area contributed by atoms with Gasteiger partial charge in [-0.05, 0) is 25.0 Å². The summed E-state index contributed by atoms with van der Waals surface area (Å²) in [6.45, 7) is 3.20. The van der Waals surface area contributed by atoms with Gasteiger partial charge in [-0.15, -0.1) is 0 Å². The summed E-state index contributed by atoms with van der Waals surface area (Å²) in [6, 6.07) is 9.95. The third-order valence-electron chi connectivity index (χ3n) is 4.00. The maximum Gasteiger partial charge on any atom is 0.373 e. The molecule has 1 aromatic rings. The fraction of sp³-hybridized carbons (Fsp3) is 0.500. The first-order chi connectivity index (χ1) is 11.2. The summed E-state index contributed by atoms with van der Waals surface area (Å²) in [5.41, 5.74) is 1.09. The van der Waals surface area contributed by atoms with E-state index in [1.165, 1.54) is 0 Å². The zero-order chi connectivity index (χ0) is 16.1. The van der Waals surface area contributed by atoms with Crippen LogP contribution in [0.25, 0.3) is 0 Å². The molecule has 0 N–H and O–H groups in total. The van der Waals surface area contributed by atoms with Gasteiger partial charge in [-0.25, -0.2) is 4.79 Å². The lowest BCUT2D eigenvalue weighted by Gasteiger charge is -2.36. The predicted octanol–water partition coefficient (Wildman–Crippen LogP) is 2.95. The molecule has 0 unspecified atom stereocenters. The standard InChI is InChI=1S/C18H22O5/c1-2-20-17(19)16-11-15(12-18(23-16)9-6-10-22-18)21-13-14-7-4-3-5-8-14/h3-5,7-8,11,15H,2,6,9-10,12-13H2,1H3/t15-,18+/m0/s1. The van der Waals surface area contributed by atoms with Crippen molar-refractivity contribution in [2.75, 3.05) is 13.2 Å². The summed E-state index contributed by atoms with van der Waals surface area (Å²) >= 11 is 0. The second kappa shape index (κ2) is 7.15. The lowest BCUT2D eigenvalue weighted by molar-refractivity contribution is -0.218. The van der Waals surface area contributed by atoms with Gasteiger partial charge in [0.15, 0.2) is 0 Å². The summed E-state index contributed by atoms with van der Waals surface area (Å²) in [6.07, 6.45) is 3.73. The van der Waals surface area contributed by atoms with Gasteiger partial charge < -0.3 is 18.9 Å². The molecule has 0 saturated carbocycles. The minimum Gasteiger partial charge on any atom is -0.460 e. The minimum absolute atomic E-state index is 0.193. The fourth-order valence-electron chi connectivity index (χ4n) is 2.92. The minimum atomic E-state index is -0.752. The van der Waals surface area contributed by atoms with Gasteiger partial charge in [-0.1, -0.05) is 30.3 Å². The number of carbonyl (C=O) groups is 1. The molecule has 2 atom stereocenters. The molecule has 1 spiro atoms. The maximum atomic E-state index is 12.0. The van der Waals surface area contributed by atoms with E-state index in [2.05, 4.69) is 0 Å². The van der Waals surface area contributed by atoms with Gasteiger partial charge in [-0.3, -0.25) is 0 Å². The van der Waals surface area contributed by atoms with Gasteiger partial charge in [-0.2, -0.15) is 0 Å². The summed E-state index contributed by atoms with van der Waals surface area (Å²) < 4.78 is 22.6. The zero-order valence-corrected chi connectivity index (χ0v) is 13.3. The molecule has 0 radical (unpaired) electrons. The van der Waals surface area contributed by atoms with Gasteiger partial charge in [0.1, 0.15) is 0 Å². The van der Waals surface area contributed by atoms with E-state index < -0.39 is 11.8 Å². The third-order valence-corrected chi connectivity index (χ3v) is 4.00. The zero-order valence-electron chi connectivity index (χ0n) is 13.3. The largest absolute Gasteiger partial charge is 0.460 e. The lowest BCUT2D eigenvalue weighted by Crippen LogP contribution is -2.41. The normalized spacial score (nSPS) is 26.7. The van der Waals surface area contributed by atoms with Gasteiger partial charge in [0.25, 0.3) is 0 Å². The Bertz CT molecular complexity index is 560. The number of rotatable bonds is 5. The highest BCUT2D eigenvalue weighted by molar-refractivity contribution is 5.86. The van der Waals surface area contributed by atoms with Gasteiger partial charge in [0.05, 0.1) is 25.9 Å². The van der Waals surface area contributed by atoms with E-state index in [1.807, 2.05) is 30.3 Å². The van der Waals surface area contributed by atoms with E-state index in [9.17, 15) is 4.79 Å². The second-order valence-electron chi connectivity index (χ2n) is 5.76. The van der Waals surface area contributed by atoms with Crippen molar-refractivity contribution in [1.29, 1.82) is 0 Å². The van der Waals surface area contributed by atoms with Crippen LogP contribution in [-0.2, 0) is 30.3 Å². The van der Waals surface area contributed by atoms with Gasteiger partial charge >= 0.3 is 5.97 Å². The van der Waals surface area contributed by atoms with E-state index in [0.717, 1.165) is 18.4 Å². The highest BCUT2D eigenvalue weighted by Gasteiger charge is 2.44. The third kappa shape index (κ3) is 3.92. The highest BCUT2D eigenvalue weighted by Crippen LogP contribution is 2.38. The Labute approximate surface area is 136 Å². The highest BCUT2D eigenvalue weighted by atomic mass is 16.7. The van der Waals surface area contributed by atoms with Gasteiger partial charge in [0.2, 0.25) is 11.5 Å². The summed E-state index contributed by atoms with van der Waals surface area (Å²) in [5, 5.41) is 0. The number of esters is 1. The van der Waals surface area contributed by atoms with Crippen LogP contribution in [-0.4, -0.2) is 31.1 Å². The van der Waals surface area contributed by atoms with Crippen LogP contribution in [0.3, 0.4) is 0 Å². The van der Waals surface area contributed by atoms with E-state index in [-0.39, 0.29) is 11.9 Å². The van der Waals surface area contributed by atoms with Crippen molar-refractivity contribution in [3.05, 3.63) is 47.7 Å². The summed E-state index contributed by atoms with van der Waals surface area (Å²) in [7, 11) is 0. The second-order valence-corrected chi connectivity index (χ2v) is 5.76. The van der Waals surface area contributed by atoms with Crippen molar-refractivity contribution in [3.8, 4) is 0 Å². The monoisotopic (exact) mass is 318 g/mol. The van der Waals surface area contributed by atoms with Crippen LogP contribution in [0.5, 0.6) is 0 Å². The first-order valence-corrected chi connectivity index (χ1v) is 8.08. The van der Waals surface area contributed by atoms with Crippen molar-refractivity contribution in [2.45, 2.75) is 44.7 Å². The van der Waals surface area contributed by atoms with E-state index >= 15 is 0 Å². The Balaban J connectivity index is 1.71. The Morgan fingerprint density at radius 3 is 2.87 bits per heavy atom. The number of hydrogen-bond donors (Lipinski definition) is 0. The Morgan fingerprint density at radius 2 is 2.17 bits per heavy atom. The number of ether oxygens (including phenoxy) is 4. The number of benzene rings is 1. The lowest BCUT2D eigenvalue weighted by atomic mass is 10.0. The molecule has 5 nitrogen and oxygen atoms in total. The molecule has 5 heteroatoms. The average Bonchev–Trinajstić information content (AvgIpc) is 3.01. The molecule has 1 saturated heterocycles. The molecule has 1 aromatic carbocycles. The first kappa shape index (κ1) is 16.0. The van der Waals surface area contributed by atoms with Crippen LogP contribution in [0, 0.1) is 0 Å². The van der Waals surface area contributed by atoms with Crippen LogP contribution < -0.4 is 0 Å². The SMILES string of the molecule is CCOC(=O)C1=C[C@H](OCc2ccccc2)C[C@@]2(CCCO2)O1. The number of carbonyl (C=O) groups excluding carboxylic acids is 1. The molecule has 0 aliphatic carbocycles. The van der Waals surface area contributed by atoms with E-state index in [0.29, 0.717) is 26.2 Å². The molecule has 124 valence electrons. The molecular formula is C18H22O5.